The number of allylic oxidation sites excluding steroid dienone is 1. The van der Waals surface area contributed by atoms with Gasteiger partial charge in [0.25, 0.3) is 0 Å². The Morgan fingerprint density at radius 2 is 1.87 bits per heavy atom. The normalized spacial score (nSPS) is 12.2. The van der Waals surface area contributed by atoms with Crippen molar-refractivity contribution in [3.05, 3.63) is 75.7 Å². The van der Waals surface area contributed by atoms with E-state index in [2.05, 4.69) is 23.0 Å². The molecule has 8 nitrogen and oxygen atoms in total. The number of fused-ring (bicyclic) bond motifs is 1. The highest BCUT2D eigenvalue weighted by atomic mass is 16.5. The molecule has 3 rings (SSSR count). The highest BCUT2D eigenvalue weighted by Crippen LogP contribution is 2.26. The van der Waals surface area contributed by atoms with Gasteiger partial charge in [-0.05, 0) is 49.8 Å². The van der Waals surface area contributed by atoms with Crippen molar-refractivity contribution in [1.29, 1.82) is 0 Å². The summed E-state index contributed by atoms with van der Waals surface area (Å²) in [4.78, 5) is 36.6. The number of nitrogens with one attached hydrogen (secondary N) is 1. The van der Waals surface area contributed by atoms with E-state index in [1.165, 1.54) is 24.9 Å². The van der Waals surface area contributed by atoms with Gasteiger partial charge in [0.2, 0.25) is 0 Å². The van der Waals surface area contributed by atoms with E-state index in [0.717, 1.165) is 55.9 Å². The zero-order valence-electron chi connectivity index (χ0n) is 22.4. The molecule has 38 heavy (non-hydrogen) atoms. The van der Waals surface area contributed by atoms with Crippen LogP contribution in [0.3, 0.4) is 0 Å². The lowest BCUT2D eigenvalue weighted by Crippen LogP contribution is -2.22. The molecule has 0 radical (unpaired) electrons. The van der Waals surface area contributed by atoms with Crippen LogP contribution in [0.4, 0.5) is 4.79 Å². The van der Waals surface area contributed by atoms with Crippen LogP contribution < -0.4 is 10.9 Å². The lowest BCUT2D eigenvalue weighted by Gasteiger charge is -2.10. The molecule has 2 aromatic heterocycles. The Hall–Kier alpha value is -3.81. The SMILES string of the molecule is CCCCc1ccc2cc(CC(C)C(=O)c3c(O)cc(CCCCC/C=C/NC(=O)OC)oc3=O)oc2c1. The second-order valence-electron chi connectivity index (χ2n) is 9.56. The minimum absolute atomic E-state index is 0.308. The van der Waals surface area contributed by atoms with Gasteiger partial charge in [-0.15, -0.1) is 0 Å². The molecule has 0 spiro atoms. The van der Waals surface area contributed by atoms with Crippen molar-refractivity contribution >= 4 is 22.8 Å². The molecule has 3 aromatic rings. The van der Waals surface area contributed by atoms with Crippen molar-refractivity contribution in [2.45, 2.75) is 71.6 Å². The molecule has 2 heterocycles. The quantitative estimate of drug-likeness (QED) is 0.184. The minimum atomic E-state index is -0.821. The summed E-state index contributed by atoms with van der Waals surface area (Å²) in [5.74, 6) is -0.397. The minimum Gasteiger partial charge on any atom is -0.507 e. The highest BCUT2D eigenvalue weighted by Gasteiger charge is 2.25. The van der Waals surface area contributed by atoms with Crippen molar-refractivity contribution in [1.82, 2.24) is 5.32 Å². The first-order valence-electron chi connectivity index (χ1n) is 13.2. The fourth-order valence-corrected chi connectivity index (χ4v) is 4.29. The van der Waals surface area contributed by atoms with E-state index >= 15 is 0 Å². The summed E-state index contributed by atoms with van der Waals surface area (Å²) in [6.45, 7) is 3.87. The van der Waals surface area contributed by atoms with Gasteiger partial charge in [-0.1, -0.05) is 44.9 Å². The Labute approximate surface area is 222 Å². The van der Waals surface area contributed by atoms with Gasteiger partial charge in [0.05, 0.1) is 7.11 Å². The molecule has 8 heteroatoms. The maximum absolute atomic E-state index is 13.0. The van der Waals surface area contributed by atoms with Gasteiger partial charge in [0, 0.05) is 36.4 Å². The Morgan fingerprint density at radius 1 is 1.05 bits per heavy atom. The Bertz CT molecular complexity index is 1320. The van der Waals surface area contributed by atoms with Crippen LogP contribution in [0.5, 0.6) is 5.75 Å². The van der Waals surface area contributed by atoms with Gasteiger partial charge < -0.3 is 18.7 Å². The van der Waals surface area contributed by atoms with Crippen LogP contribution in [0.15, 0.2) is 56.2 Å². The smallest absolute Gasteiger partial charge is 0.410 e. The van der Waals surface area contributed by atoms with E-state index in [0.29, 0.717) is 24.4 Å². The molecule has 1 unspecified atom stereocenters. The number of Topliss-reactive ketones (excluding diaryl/α,β-unsaturated/α-hetero) is 1. The first-order valence-corrected chi connectivity index (χ1v) is 13.2. The molecule has 0 saturated heterocycles. The summed E-state index contributed by atoms with van der Waals surface area (Å²) in [5, 5.41) is 13.9. The average Bonchev–Trinajstić information content (AvgIpc) is 3.29. The maximum Gasteiger partial charge on any atom is 0.410 e. The molecule has 0 aliphatic carbocycles. The van der Waals surface area contributed by atoms with Gasteiger partial charge in [-0.3, -0.25) is 10.1 Å². The summed E-state index contributed by atoms with van der Waals surface area (Å²) < 4.78 is 15.8. The number of hydrogen-bond donors (Lipinski definition) is 2. The lowest BCUT2D eigenvalue weighted by molar-refractivity contribution is 0.0918. The Morgan fingerprint density at radius 3 is 2.61 bits per heavy atom. The van der Waals surface area contributed by atoms with Crippen molar-refractivity contribution in [3.63, 3.8) is 0 Å². The molecule has 1 atom stereocenters. The molecule has 204 valence electrons. The number of aromatic hydroxyl groups is 1. The number of hydrogen-bond acceptors (Lipinski definition) is 7. The fraction of sp³-hybridized carbons (Fsp3) is 0.433. The number of unbranched alkanes of at least 4 members (excludes halogenated alkanes) is 4. The summed E-state index contributed by atoms with van der Waals surface area (Å²) in [7, 11) is 1.30. The topological polar surface area (TPSA) is 119 Å². The van der Waals surface area contributed by atoms with Gasteiger partial charge >= 0.3 is 11.7 Å². The molecule has 1 aromatic carbocycles. The van der Waals surface area contributed by atoms with Crippen molar-refractivity contribution in [2.75, 3.05) is 7.11 Å². The van der Waals surface area contributed by atoms with Crippen LogP contribution >= 0.6 is 0 Å². The number of ketones is 1. The number of furan rings is 1. The molecular formula is C30H37NO7. The van der Waals surface area contributed by atoms with Gasteiger partial charge in [0.1, 0.15) is 28.4 Å². The number of carbonyl (C=O) groups excluding carboxylic acids is 2. The van der Waals surface area contributed by atoms with Crippen LogP contribution in [0.25, 0.3) is 11.0 Å². The van der Waals surface area contributed by atoms with E-state index in [4.69, 9.17) is 8.83 Å². The summed E-state index contributed by atoms with van der Waals surface area (Å²) in [5.41, 5.74) is 0.868. The van der Waals surface area contributed by atoms with Gasteiger partial charge in [-0.25, -0.2) is 9.59 Å². The van der Waals surface area contributed by atoms with Crippen molar-refractivity contribution in [2.24, 2.45) is 5.92 Å². The third-order valence-electron chi connectivity index (χ3n) is 6.44. The summed E-state index contributed by atoms with van der Waals surface area (Å²) in [6, 6.07) is 9.44. The maximum atomic E-state index is 13.0. The predicted molar refractivity (Wildman–Crippen MR) is 146 cm³/mol. The van der Waals surface area contributed by atoms with Crippen molar-refractivity contribution in [3.8, 4) is 5.75 Å². The molecule has 0 bridgehead atoms. The van der Waals surface area contributed by atoms with Gasteiger partial charge in [0.15, 0.2) is 5.78 Å². The highest BCUT2D eigenvalue weighted by molar-refractivity contribution is 5.99. The second-order valence-corrected chi connectivity index (χ2v) is 9.56. The fourth-order valence-electron chi connectivity index (χ4n) is 4.29. The third-order valence-corrected chi connectivity index (χ3v) is 6.44. The monoisotopic (exact) mass is 523 g/mol. The van der Waals surface area contributed by atoms with E-state index in [1.54, 1.807) is 6.92 Å². The summed E-state index contributed by atoms with van der Waals surface area (Å²) >= 11 is 0. The van der Waals surface area contributed by atoms with E-state index in [-0.39, 0.29) is 11.3 Å². The third kappa shape index (κ3) is 8.10. The van der Waals surface area contributed by atoms with Crippen LogP contribution in [-0.4, -0.2) is 24.1 Å². The predicted octanol–water partition coefficient (Wildman–Crippen LogP) is 6.47. The van der Waals surface area contributed by atoms with Crippen molar-refractivity contribution < 1.29 is 28.3 Å². The number of alkyl carbamates (subject to hydrolysis) is 1. The van der Waals surface area contributed by atoms with Crippen LogP contribution in [0.1, 0.15) is 79.8 Å². The number of aryl methyl sites for hydroxylation is 2. The number of ether oxygens (including phenoxy) is 1. The molecule has 1 amide bonds. The van der Waals surface area contributed by atoms with E-state index in [9.17, 15) is 19.5 Å². The first kappa shape index (κ1) is 28.8. The standard InChI is InChI=1S/C30H37NO7/c1-4-5-11-21-13-14-22-18-24(37-26(22)17-21)16-20(2)28(33)27-25(32)19-23(38-29(27)34)12-9-7-6-8-10-15-31-30(35)36-3/h10,13-15,17-20,32H,4-9,11-12,16H2,1-3H3,(H,31,35)/b15-10+. The molecule has 0 fully saturated rings. The van der Waals surface area contributed by atoms with Crippen LogP contribution in [0.2, 0.25) is 0 Å². The van der Waals surface area contributed by atoms with Gasteiger partial charge in [-0.2, -0.15) is 0 Å². The first-order chi connectivity index (χ1) is 18.3. The lowest BCUT2D eigenvalue weighted by atomic mass is 9.95. The largest absolute Gasteiger partial charge is 0.507 e. The Kier molecular flexibility index (Phi) is 10.8. The Balaban J connectivity index is 1.54. The molecule has 2 N–H and O–H groups in total. The zero-order chi connectivity index (χ0) is 27.5. The van der Waals surface area contributed by atoms with Crippen LogP contribution in [-0.2, 0) is 24.0 Å². The number of carbonyl (C=O) groups is 2. The summed E-state index contributed by atoms with van der Waals surface area (Å²) in [6.07, 6.45) is 10.1. The number of amides is 1. The molecular weight excluding hydrogens is 486 g/mol. The van der Waals surface area contributed by atoms with E-state index in [1.807, 2.05) is 24.3 Å². The molecule has 0 aliphatic rings. The molecule has 0 saturated carbocycles. The average molecular weight is 524 g/mol. The molecule has 0 aliphatic heterocycles. The number of methoxy groups -OCH3 is 1. The van der Waals surface area contributed by atoms with Crippen LogP contribution in [0, 0.1) is 5.92 Å². The van der Waals surface area contributed by atoms with E-state index < -0.39 is 23.4 Å². The second kappa shape index (κ2) is 14.2. The zero-order valence-corrected chi connectivity index (χ0v) is 22.4. The number of benzene rings is 1. The number of rotatable bonds is 14.